The van der Waals surface area contributed by atoms with Gasteiger partial charge in [-0.15, -0.1) is 0 Å². The van der Waals surface area contributed by atoms with E-state index in [1.54, 1.807) is 0 Å². The van der Waals surface area contributed by atoms with Gasteiger partial charge in [0.25, 0.3) is 0 Å². The van der Waals surface area contributed by atoms with Gasteiger partial charge in [-0.05, 0) is 61.1 Å². The number of hydrogen-bond acceptors (Lipinski definition) is 0. The van der Waals surface area contributed by atoms with E-state index >= 15 is 0 Å². The zero-order valence-electron chi connectivity index (χ0n) is 22.9. The number of allylic oxidation sites excluding steroid dienone is 4. The van der Waals surface area contributed by atoms with Gasteiger partial charge in [0.2, 0.25) is 0 Å². The molecule has 5 aromatic carbocycles. The molecule has 0 saturated carbocycles. The molecule has 0 radical (unpaired) electrons. The fourth-order valence-corrected chi connectivity index (χ4v) is 5.89. The Labute approximate surface area is 233 Å². The first-order valence-electron chi connectivity index (χ1n) is 13.8. The Hall–Kier alpha value is -4.42. The lowest BCUT2D eigenvalue weighted by Crippen LogP contribution is -2.12. The lowest BCUT2D eigenvalue weighted by atomic mass is 9.78. The van der Waals surface area contributed by atoms with E-state index in [2.05, 4.69) is 166 Å². The minimum absolute atomic E-state index is 0.0619. The summed E-state index contributed by atoms with van der Waals surface area (Å²) in [4.78, 5) is 0. The fourth-order valence-electron chi connectivity index (χ4n) is 5.89. The molecule has 0 nitrogen and oxygen atoms in total. The lowest BCUT2D eigenvalue weighted by Gasteiger charge is -2.25. The first kappa shape index (κ1) is 24.9. The van der Waals surface area contributed by atoms with Crippen molar-refractivity contribution in [1.29, 1.82) is 0 Å². The highest BCUT2D eigenvalue weighted by Gasteiger charge is 2.37. The third kappa shape index (κ3) is 4.79. The molecule has 0 unspecified atom stereocenters. The second-order valence-electron chi connectivity index (χ2n) is 11.3. The Bertz CT molecular complexity index is 1530. The first-order valence-corrected chi connectivity index (χ1v) is 13.8. The predicted octanol–water partition coefficient (Wildman–Crippen LogP) is 10.3. The van der Waals surface area contributed by atoms with Crippen molar-refractivity contribution < 1.29 is 0 Å². The Kier molecular flexibility index (Phi) is 6.63. The van der Waals surface area contributed by atoms with E-state index in [1.807, 2.05) is 0 Å². The molecule has 1 aliphatic rings. The highest BCUT2D eigenvalue weighted by Crippen LogP contribution is 2.58. The second-order valence-corrected chi connectivity index (χ2v) is 11.3. The molecule has 190 valence electrons. The molecule has 0 aromatic heterocycles. The summed E-state index contributed by atoms with van der Waals surface area (Å²) in [6.07, 6.45) is 0. The van der Waals surface area contributed by atoms with Crippen molar-refractivity contribution in [3.8, 4) is 0 Å². The number of benzene rings is 5. The van der Waals surface area contributed by atoms with E-state index in [0.717, 1.165) is 0 Å². The average molecular weight is 503 g/mol. The molecule has 0 heterocycles. The Morgan fingerprint density at radius 2 is 0.795 bits per heavy atom. The van der Waals surface area contributed by atoms with Gasteiger partial charge in [0.05, 0.1) is 0 Å². The molecular weight excluding hydrogens is 468 g/mol. The molecule has 0 amide bonds. The van der Waals surface area contributed by atoms with E-state index in [1.165, 1.54) is 55.7 Å². The van der Waals surface area contributed by atoms with Gasteiger partial charge < -0.3 is 0 Å². The largest absolute Gasteiger partial charge is 0.0622 e. The van der Waals surface area contributed by atoms with Crippen molar-refractivity contribution >= 4 is 22.3 Å². The summed E-state index contributed by atoms with van der Waals surface area (Å²) in [5.41, 5.74) is 13.1. The standard InChI is InChI=1S/C39H34/c1-39(2,3)33-26-16-25-32(27-33)38-36(30-21-12-6-13-22-30)34(28-17-8-4-9-18-28)35(29-19-10-5-11-20-29)37(38)31-23-14-7-15-24-31/h4-27,38H,1-3H3. The van der Waals surface area contributed by atoms with Crippen LogP contribution in [0.2, 0.25) is 0 Å². The molecule has 0 atom stereocenters. The van der Waals surface area contributed by atoms with E-state index in [4.69, 9.17) is 0 Å². The maximum absolute atomic E-state index is 2.44. The topological polar surface area (TPSA) is 0 Å². The Morgan fingerprint density at radius 1 is 0.410 bits per heavy atom. The maximum Gasteiger partial charge on any atom is 0.0364 e. The summed E-state index contributed by atoms with van der Waals surface area (Å²) < 4.78 is 0. The summed E-state index contributed by atoms with van der Waals surface area (Å²) in [6, 6.07) is 53.1. The fraction of sp³-hybridized carbons (Fsp3) is 0.128. The lowest BCUT2D eigenvalue weighted by molar-refractivity contribution is 0.589. The molecule has 0 heteroatoms. The van der Waals surface area contributed by atoms with Crippen LogP contribution in [-0.2, 0) is 5.41 Å². The molecule has 0 aliphatic heterocycles. The summed E-state index contributed by atoms with van der Waals surface area (Å²) in [6.45, 7) is 6.90. The van der Waals surface area contributed by atoms with E-state index in [0.29, 0.717) is 0 Å². The van der Waals surface area contributed by atoms with Gasteiger partial charge in [0.15, 0.2) is 0 Å². The predicted molar refractivity (Wildman–Crippen MR) is 167 cm³/mol. The Morgan fingerprint density at radius 3 is 1.18 bits per heavy atom. The first-order chi connectivity index (χ1) is 19.0. The quantitative estimate of drug-likeness (QED) is 0.224. The molecule has 0 bridgehead atoms. The molecule has 6 rings (SSSR count). The van der Waals surface area contributed by atoms with Crippen molar-refractivity contribution in [3.05, 3.63) is 179 Å². The van der Waals surface area contributed by atoms with Crippen LogP contribution in [0.4, 0.5) is 0 Å². The van der Waals surface area contributed by atoms with Gasteiger partial charge in [0, 0.05) is 5.92 Å². The molecule has 1 aliphatic carbocycles. The van der Waals surface area contributed by atoms with Crippen LogP contribution in [0.3, 0.4) is 0 Å². The maximum atomic E-state index is 2.44. The van der Waals surface area contributed by atoms with Crippen LogP contribution in [0.25, 0.3) is 22.3 Å². The highest BCUT2D eigenvalue weighted by atomic mass is 14.4. The average Bonchev–Trinajstić information content (AvgIpc) is 3.35. The zero-order chi connectivity index (χ0) is 26.8. The van der Waals surface area contributed by atoms with Gasteiger partial charge in [-0.25, -0.2) is 0 Å². The summed E-state index contributed by atoms with van der Waals surface area (Å²) in [7, 11) is 0. The van der Waals surface area contributed by atoms with Crippen LogP contribution in [0.1, 0.15) is 60.1 Å². The van der Waals surface area contributed by atoms with Gasteiger partial charge in [0.1, 0.15) is 0 Å². The molecule has 0 fully saturated rings. The van der Waals surface area contributed by atoms with Gasteiger partial charge in [-0.1, -0.05) is 166 Å². The summed E-state index contributed by atoms with van der Waals surface area (Å²) in [5, 5.41) is 0. The van der Waals surface area contributed by atoms with E-state index in [-0.39, 0.29) is 11.3 Å². The highest BCUT2D eigenvalue weighted by molar-refractivity contribution is 6.29. The van der Waals surface area contributed by atoms with Crippen LogP contribution in [-0.4, -0.2) is 0 Å². The summed E-state index contributed by atoms with van der Waals surface area (Å²) in [5.74, 6) is 0.0857. The monoisotopic (exact) mass is 502 g/mol. The van der Waals surface area contributed by atoms with Crippen LogP contribution >= 0.6 is 0 Å². The smallest absolute Gasteiger partial charge is 0.0364 e. The molecule has 0 saturated heterocycles. The third-order valence-electron chi connectivity index (χ3n) is 7.75. The summed E-state index contributed by atoms with van der Waals surface area (Å²) >= 11 is 0. The molecule has 5 aromatic rings. The van der Waals surface area contributed by atoms with Crippen molar-refractivity contribution in [1.82, 2.24) is 0 Å². The van der Waals surface area contributed by atoms with Crippen molar-refractivity contribution in [2.75, 3.05) is 0 Å². The van der Waals surface area contributed by atoms with Gasteiger partial charge >= 0.3 is 0 Å². The molecule has 0 N–H and O–H groups in total. The minimum Gasteiger partial charge on any atom is -0.0622 e. The van der Waals surface area contributed by atoms with Gasteiger partial charge in [-0.2, -0.15) is 0 Å². The molecule has 39 heavy (non-hydrogen) atoms. The molecular formula is C39H34. The van der Waals surface area contributed by atoms with Gasteiger partial charge in [-0.3, -0.25) is 0 Å². The number of rotatable bonds is 5. The normalized spacial score (nSPS) is 14.2. The van der Waals surface area contributed by atoms with Crippen molar-refractivity contribution in [2.45, 2.75) is 32.1 Å². The zero-order valence-corrected chi connectivity index (χ0v) is 22.9. The SMILES string of the molecule is CC(C)(C)c1cccc(C2C(c3ccccc3)=C(c3ccccc3)C(c3ccccc3)=C2c2ccccc2)c1. The van der Waals surface area contributed by atoms with Crippen LogP contribution in [0, 0.1) is 0 Å². The van der Waals surface area contributed by atoms with Crippen LogP contribution in [0.5, 0.6) is 0 Å². The van der Waals surface area contributed by atoms with E-state index < -0.39 is 0 Å². The Balaban J connectivity index is 1.77. The minimum atomic E-state index is 0.0619. The van der Waals surface area contributed by atoms with Crippen LogP contribution < -0.4 is 0 Å². The van der Waals surface area contributed by atoms with Crippen LogP contribution in [0.15, 0.2) is 146 Å². The van der Waals surface area contributed by atoms with Crippen molar-refractivity contribution in [2.24, 2.45) is 0 Å². The number of hydrogen-bond donors (Lipinski definition) is 0. The molecule has 0 spiro atoms. The third-order valence-corrected chi connectivity index (χ3v) is 7.75. The van der Waals surface area contributed by atoms with E-state index in [9.17, 15) is 0 Å². The second kappa shape index (κ2) is 10.4. The van der Waals surface area contributed by atoms with Crippen molar-refractivity contribution in [3.63, 3.8) is 0 Å².